The maximum Gasteiger partial charge on any atom is 0.0124 e. The van der Waals surface area contributed by atoms with E-state index < -0.39 is 0 Å². The summed E-state index contributed by atoms with van der Waals surface area (Å²) in [4.78, 5) is 2.78. The molecule has 1 aliphatic heterocycles. The third-order valence-corrected chi connectivity index (χ3v) is 4.74. The number of fused-ring (bicyclic) bond motifs is 1. The van der Waals surface area contributed by atoms with Crippen molar-refractivity contribution in [3.8, 4) is 0 Å². The highest BCUT2D eigenvalue weighted by atomic mass is 15.2. The summed E-state index contributed by atoms with van der Waals surface area (Å²) in [5.41, 5.74) is 5.95. The van der Waals surface area contributed by atoms with Crippen molar-refractivity contribution in [1.29, 1.82) is 0 Å². The Labute approximate surface area is 107 Å². The van der Waals surface area contributed by atoms with Crippen LogP contribution in [0.25, 0.3) is 0 Å². The van der Waals surface area contributed by atoms with Crippen LogP contribution >= 0.6 is 0 Å². The van der Waals surface area contributed by atoms with E-state index in [4.69, 9.17) is 5.73 Å². The topological polar surface area (TPSA) is 29.3 Å². The first-order valence-corrected chi connectivity index (χ1v) is 7.64. The monoisotopic (exact) mass is 238 g/mol. The van der Waals surface area contributed by atoms with Crippen molar-refractivity contribution in [1.82, 2.24) is 4.90 Å². The van der Waals surface area contributed by atoms with Crippen LogP contribution in [0.4, 0.5) is 0 Å². The van der Waals surface area contributed by atoms with Gasteiger partial charge < -0.3 is 5.73 Å². The quantitative estimate of drug-likeness (QED) is 0.798. The Morgan fingerprint density at radius 2 is 1.94 bits per heavy atom. The zero-order valence-electron chi connectivity index (χ0n) is 11.7. The zero-order valence-corrected chi connectivity index (χ0v) is 11.7. The summed E-state index contributed by atoms with van der Waals surface area (Å²) in [5, 5.41) is 0. The molecule has 2 rings (SSSR count). The lowest BCUT2D eigenvalue weighted by Crippen LogP contribution is -2.46. The van der Waals surface area contributed by atoms with Gasteiger partial charge in [-0.15, -0.1) is 0 Å². The van der Waals surface area contributed by atoms with Gasteiger partial charge in [0.05, 0.1) is 0 Å². The van der Waals surface area contributed by atoms with Crippen molar-refractivity contribution < 1.29 is 0 Å². The Morgan fingerprint density at radius 3 is 2.65 bits per heavy atom. The molecule has 0 aromatic heterocycles. The van der Waals surface area contributed by atoms with E-state index in [1.807, 2.05) is 0 Å². The van der Waals surface area contributed by atoms with Crippen LogP contribution < -0.4 is 5.73 Å². The minimum absolute atomic E-state index is 0.717. The Kier molecular flexibility index (Phi) is 4.87. The van der Waals surface area contributed by atoms with Crippen molar-refractivity contribution in [3.05, 3.63) is 0 Å². The molecule has 0 bridgehead atoms. The van der Waals surface area contributed by atoms with Crippen LogP contribution in [-0.2, 0) is 0 Å². The molecular weight excluding hydrogens is 208 g/mol. The predicted octanol–water partition coefficient (Wildman–Crippen LogP) is 2.87. The summed E-state index contributed by atoms with van der Waals surface area (Å²) < 4.78 is 0. The zero-order chi connectivity index (χ0) is 12.3. The van der Waals surface area contributed by atoms with Crippen LogP contribution in [0, 0.1) is 17.8 Å². The molecule has 17 heavy (non-hydrogen) atoms. The fraction of sp³-hybridized carbons (Fsp3) is 1.00. The van der Waals surface area contributed by atoms with E-state index in [-0.39, 0.29) is 0 Å². The average Bonchev–Trinajstić information content (AvgIpc) is 2.76. The third-order valence-electron chi connectivity index (χ3n) is 4.74. The van der Waals surface area contributed by atoms with Crippen LogP contribution in [0.15, 0.2) is 0 Å². The van der Waals surface area contributed by atoms with Gasteiger partial charge in [-0.2, -0.15) is 0 Å². The van der Waals surface area contributed by atoms with Crippen LogP contribution in [0.3, 0.4) is 0 Å². The van der Waals surface area contributed by atoms with Crippen molar-refractivity contribution in [2.45, 2.75) is 58.4 Å². The minimum atomic E-state index is 0.717. The van der Waals surface area contributed by atoms with Gasteiger partial charge in [0, 0.05) is 12.6 Å². The lowest BCUT2D eigenvalue weighted by atomic mass is 9.89. The molecule has 3 atom stereocenters. The van der Waals surface area contributed by atoms with Gasteiger partial charge in [-0.1, -0.05) is 20.3 Å². The molecule has 0 radical (unpaired) electrons. The Morgan fingerprint density at radius 1 is 1.18 bits per heavy atom. The maximum atomic E-state index is 5.95. The van der Waals surface area contributed by atoms with E-state index in [2.05, 4.69) is 18.7 Å². The molecule has 2 fully saturated rings. The molecule has 0 aromatic rings. The molecule has 3 unspecified atom stereocenters. The summed E-state index contributed by atoms with van der Waals surface area (Å²) in [5.74, 6) is 2.52. The molecule has 0 aromatic carbocycles. The minimum Gasteiger partial charge on any atom is -0.330 e. The molecular formula is C15H30N2. The van der Waals surface area contributed by atoms with Crippen molar-refractivity contribution in [3.63, 3.8) is 0 Å². The van der Waals surface area contributed by atoms with Crippen molar-refractivity contribution in [2.75, 3.05) is 19.6 Å². The van der Waals surface area contributed by atoms with E-state index in [0.717, 1.165) is 24.4 Å². The first kappa shape index (κ1) is 13.4. The normalized spacial score (nSPS) is 31.8. The van der Waals surface area contributed by atoms with Crippen LogP contribution in [0.2, 0.25) is 0 Å². The van der Waals surface area contributed by atoms with Gasteiger partial charge in [0.15, 0.2) is 0 Å². The fourth-order valence-corrected chi connectivity index (χ4v) is 4.03. The van der Waals surface area contributed by atoms with Gasteiger partial charge in [0.1, 0.15) is 0 Å². The third kappa shape index (κ3) is 3.45. The SMILES string of the molecule is CC(C)CC(CN)CN1CCCC2CCCC21. The number of nitrogens with two attached hydrogens (primary N) is 1. The summed E-state index contributed by atoms with van der Waals surface area (Å²) in [7, 11) is 0. The first-order valence-electron chi connectivity index (χ1n) is 7.64. The van der Waals surface area contributed by atoms with E-state index in [1.54, 1.807) is 0 Å². The van der Waals surface area contributed by atoms with Gasteiger partial charge >= 0.3 is 0 Å². The molecule has 0 amide bonds. The molecule has 100 valence electrons. The molecule has 2 heteroatoms. The second-order valence-electron chi connectivity index (χ2n) is 6.63. The van der Waals surface area contributed by atoms with Gasteiger partial charge in [-0.05, 0) is 62.9 Å². The number of rotatable bonds is 5. The Hall–Kier alpha value is -0.0800. The smallest absolute Gasteiger partial charge is 0.0124 e. The molecule has 2 aliphatic rings. The molecule has 1 heterocycles. The predicted molar refractivity (Wildman–Crippen MR) is 73.9 cm³/mol. The lowest BCUT2D eigenvalue weighted by Gasteiger charge is -2.39. The van der Waals surface area contributed by atoms with Crippen molar-refractivity contribution in [2.24, 2.45) is 23.5 Å². The summed E-state index contributed by atoms with van der Waals surface area (Å²) in [6, 6.07) is 0.907. The van der Waals surface area contributed by atoms with E-state index >= 15 is 0 Å². The standard InChI is InChI=1S/C15H30N2/c1-12(2)9-13(10-16)11-17-8-4-6-14-5-3-7-15(14)17/h12-15H,3-11,16H2,1-2H3. The Bertz CT molecular complexity index is 227. The van der Waals surface area contributed by atoms with E-state index in [0.29, 0.717) is 5.92 Å². The van der Waals surface area contributed by atoms with E-state index in [1.165, 1.54) is 51.6 Å². The summed E-state index contributed by atoms with van der Waals surface area (Å²) >= 11 is 0. The molecule has 2 N–H and O–H groups in total. The average molecular weight is 238 g/mol. The number of nitrogens with zero attached hydrogens (tertiary/aromatic N) is 1. The molecule has 2 nitrogen and oxygen atoms in total. The molecule has 1 saturated carbocycles. The summed E-state index contributed by atoms with van der Waals surface area (Å²) in [6.45, 7) is 8.09. The van der Waals surface area contributed by atoms with Crippen LogP contribution in [0.5, 0.6) is 0 Å². The van der Waals surface area contributed by atoms with E-state index in [9.17, 15) is 0 Å². The maximum absolute atomic E-state index is 5.95. The highest BCUT2D eigenvalue weighted by Gasteiger charge is 2.35. The lowest BCUT2D eigenvalue weighted by molar-refractivity contribution is 0.0915. The summed E-state index contributed by atoms with van der Waals surface area (Å²) in [6.07, 6.45) is 8.59. The molecule has 0 spiro atoms. The number of piperidine rings is 1. The highest BCUT2D eigenvalue weighted by Crippen LogP contribution is 2.37. The van der Waals surface area contributed by atoms with Gasteiger partial charge in [-0.3, -0.25) is 4.90 Å². The number of hydrogen-bond donors (Lipinski definition) is 1. The largest absolute Gasteiger partial charge is 0.330 e. The fourth-order valence-electron chi connectivity index (χ4n) is 4.03. The molecule has 1 aliphatic carbocycles. The van der Waals surface area contributed by atoms with Gasteiger partial charge in [0.2, 0.25) is 0 Å². The Balaban J connectivity index is 1.87. The highest BCUT2D eigenvalue weighted by molar-refractivity contribution is 4.90. The number of hydrogen-bond acceptors (Lipinski definition) is 2. The van der Waals surface area contributed by atoms with Gasteiger partial charge in [-0.25, -0.2) is 0 Å². The van der Waals surface area contributed by atoms with Gasteiger partial charge in [0.25, 0.3) is 0 Å². The second kappa shape index (κ2) is 6.19. The first-order chi connectivity index (χ1) is 8.20. The second-order valence-corrected chi connectivity index (χ2v) is 6.63. The van der Waals surface area contributed by atoms with Crippen LogP contribution in [0.1, 0.15) is 52.4 Å². The number of likely N-dealkylation sites (tertiary alicyclic amines) is 1. The van der Waals surface area contributed by atoms with Crippen LogP contribution in [-0.4, -0.2) is 30.6 Å². The molecule has 1 saturated heterocycles. The van der Waals surface area contributed by atoms with Crippen molar-refractivity contribution >= 4 is 0 Å².